The molecule has 1 aromatic rings. The van der Waals surface area contributed by atoms with E-state index < -0.39 is 0 Å². The summed E-state index contributed by atoms with van der Waals surface area (Å²) in [6.45, 7) is 7.54. The molecule has 0 bridgehead atoms. The molecule has 1 aliphatic rings. The van der Waals surface area contributed by atoms with E-state index in [1.54, 1.807) is 16.9 Å². The number of allylic oxidation sites excluding steroid dienone is 1. The minimum Gasteiger partial charge on any atom is -0.309 e. The third kappa shape index (κ3) is 3.66. The molecule has 0 aromatic carbocycles. The third-order valence-corrected chi connectivity index (χ3v) is 4.53. The van der Waals surface area contributed by atoms with Crippen molar-refractivity contribution in [2.75, 3.05) is 6.54 Å². The van der Waals surface area contributed by atoms with Gasteiger partial charge in [0.05, 0.1) is 10.7 Å². The minimum atomic E-state index is 0.374. The monoisotopic (exact) mass is 264 g/mol. The summed E-state index contributed by atoms with van der Waals surface area (Å²) in [5.41, 5.74) is 2.88. The molecule has 3 heteroatoms. The van der Waals surface area contributed by atoms with Crippen molar-refractivity contribution in [1.29, 1.82) is 0 Å². The molecular formula is C15H24N2S. The standard InChI is InChI=1S/C15H24N2S/c1-11(15-12(2)18-13(3)17-15)16-10-9-14-7-5-4-6-8-14/h7,11,16H,4-6,8-10H2,1-3H3. The normalized spacial score (nSPS) is 17.6. The Morgan fingerprint density at radius 3 is 2.83 bits per heavy atom. The molecule has 2 nitrogen and oxygen atoms in total. The second-order valence-corrected chi connectivity index (χ2v) is 6.62. The Kier molecular flexibility index (Phi) is 4.95. The van der Waals surface area contributed by atoms with E-state index in [0.717, 1.165) is 6.54 Å². The zero-order chi connectivity index (χ0) is 13.0. The van der Waals surface area contributed by atoms with Crippen LogP contribution in [0.2, 0.25) is 0 Å². The number of aromatic nitrogens is 1. The lowest BCUT2D eigenvalue weighted by molar-refractivity contribution is 0.551. The number of rotatable bonds is 5. The summed E-state index contributed by atoms with van der Waals surface area (Å²) in [6.07, 6.45) is 9.00. The van der Waals surface area contributed by atoms with E-state index in [0.29, 0.717) is 6.04 Å². The number of aryl methyl sites for hydroxylation is 2. The zero-order valence-electron chi connectivity index (χ0n) is 11.8. The first-order valence-electron chi connectivity index (χ1n) is 7.02. The lowest BCUT2D eigenvalue weighted by atomic mass is 9.97. The van der Waals surface area contributed by atoms with Crippen LogP contribution in [0, 0.1) is 13.8 Å². The maximum atomic E-state index is 4.62. The van der Waals surface area contributed by atoms with Crippen LogP contribution in [0.1, 0.15) is 60.6 Å². The summed E-state index contributed by atoms with van der Waals surface area (Å²) in [6, 6.07) is 0.374. The first-order chi connectivity index (χ1) is 8.66. The number of nitrogens with one attached hydrogen (secondary N) is 1. The van der Waals surface area contributed by atoms with Crippen LogP contribution in [0.15, 0.2) is 11.6 Å². The van der Waals surface area contributed by atoms with E-state index in [9.17, 15) is 0 Å². The summed E-state index contributed by atoms with van der Waals surface area (Å²) in [4.78, 5) is 5.97. The molecule has 1 heterocycles. The van der Waals surface area contributed by atoms with Gasteiger partial charge in [-0.1, -0.05) is 11.6 Å². The molecule has 1 aromatic heterocycles. The van der Waals surface area contributed by atoms with Crippen LogP contribution >= 0.6 is 11.3 Å². The first kappa shape index (κ1) is 13.8. The van der Waals surface area contributed by atoms with E-state index in [1.807, 2.05) is 0 Å². The Morgan fingerprint density at radius 2 is 2.22 bits per heavy atom. The predicted molar refractivity (Wildman–Crippen MR) is 79.2 cm³/mol. The van der Waals surface area contributed by atoms with Gasteiger partial charge >= 0.3 is 0 Å². The molecule has 2 rings (SSSR count). The van der Waals surface area contributed by atoms with E-state index in [2.05, 4.69) is 37.1 Å². The molecule has 0 spiro atoms. The van der Waals surface area contributed by atoms with Crippen molar-refractivity contribution < 1.29 is 0 Å². The van der Waals surface area contributed by atoms with E-state index in [-0.39, 0.29) is 0 Å². The van der Waals surface area contributed by atoms with Crippen LogP contribution in [0.3, 0.4) is 0 Å². The van der Waals surface area contributed by atoms with Crippen LogP contribution in [0.25, 0.3) is 0 Å². The van der Waals surface area contributed by atoms with Crippen LogP contribution in [-0.2, 0) is 0 Å². The second kappa shape index (κ2) is 6.48. The van der Waals surface area contributed by atoms with Gasteiger partial charge in [-0.3, -0.25) is 0 Å². The van der Waals surface area contributed by atoms with Crippen molar-refractivity contribution in [1.82, 2.24) is 10.3 Å². The highest BCUT2D eigenvalue weighted by molar-refractivity contribution is 7.11. The quantitative estimate of drug-likeness (QED) is 0.802. The highest BCUT2D eigenvalue weighted by Crippen LogP contribution is 2.23. The average Bonchev–Trinajstić information content (AvgIpc) is 2.70. The van der Waals surface area contributed by atoms with Gasteiger partial charge in [0.1, 0.15) is 0 Å². The average molecular weight is 264 g/mol. The molecule has 0 amide bonds. The molecule has 0 saturated carbocycles. The Balaban J connectivity index is 1.79. The van der Waals surface area contributed by atoms with Crippen molar-refractivity contribution in [2.45, 2.75) is 58.9 Å². The maximum Gasteiger partial charge on any atom is 0.0900 e. The molecule has 100 valence electrons. The van der Waals surface area contributed by atoms with Gasteiger partial charge in [-0.2, -0.15) is 0 Å². The molecule has 0 aliphatic heterocycles. The largest absolute Gasteiger partial charge is 0.309 e. The molecule has 1 unspecified atom stereocenters. The summed E-state index contributed by atoms with van der Waals surface area (Å²) >= 11 is 1.80. The highest BCUT2D eigenvalue weighted by Gasteiger charge is 2.12. The summed E-state index contributed by atoms with van der Waals surface area (Å²) in [7, 11) is 0. The fourth-order valence-electron chi connectivity index (χ4n) is 2.62. The van der Waals surface area contributed by atoms with E-state index in [4.69, 9.17) is 0 Å². The second-order valence-electron chi connectivity index (χ2n) is 5.21. The van der Waals surface area contributed by atoms with Gasteiger partial charge in [0.2, 0.25) is 0 Å². The summed E-state index contributed by atoms with van der Waals surface area (Å²) < 4.78 is 0. The molecular weight excluding hydrogens is 240 g/mol. The molecule has 1 atom stereocenters. The van der Waals surface area contributed by atoms with Gasteiger partial charge in [-0.25, -0.2) is 4.98 Å². The van der Waals surface area contributed by atoms with Gasteiger partial charge < -0.3 is 5.32 Å². The van der Waals surface area contributed by atoms with E-state index in [1.165, 1.54) is 47.7 Å². The fourth-order valence-corrected chi connectivity index (χ4v) is 3.54. The number of nitrogens with zero attached hydrogens (tertiary/aromatic N) is 1. The summed E-state index contributed by atoms with van der Waals surface area (Å²) in [5.74, 6) is 0. The molecule has 1 N–H and O–H groups in total. The SMILES string of the molecule is Cc1nc(C(C)NCCC2=CCCCC2)c(C)s1. The topological polar surface area (TPSA) is 24.9 Å². The maximum absolute atomic E-state index is 4.62. The first-order valence-corrected chi connectivity index (χ1v) is 7.83. The van der Waals surface area contributed by atoms with Gasteiger partial charge in [0.25, 0.3) is 0 Å². The van der Waals surface area contributed by atoms with E-state index >= 15 is 0 Å². The minimum absolute atomic E-state index is 0.374. The molecule has 1 aliphatic carbocycles. The van der Waals surface area contributed by atoms with Crippen molar-refractivity contribution in [2.24, 2.45) is 0 Å². The van der Waals surface area contributed by atoms with Gasteiger partial charge in [0.15, 0.2) is 0 Å². The van der Waals surface area contributed by atoms with Crippen molar-refractivity contribution in [3.8, 4) is 0 Å². The van der Waals surface area contributed by atoms with Crippen molar-refractivity contribution >= 4 is 11.3 Å². The smallest absolute Gasteiger partial charge is 0.0900 e. The van der Waals surface area contributed by atoms with Gasteiger partial charge in [-0.05, 0) is 59.4 Å². The Morgan fingerprint density at radius 1 is 1.39 bits per heavy atom. The van der Waals surface area contributed by atoms with Crippen LogP contribution in [0.4, 0.5) is 0 Å². The van der Waals surface area contributed by atoms with Gasteiger partial charge in [0, 0.05) is 10.9 Å². The Hall–Kier alpha value is -0.670. The third-order valence-electron chi connectivity index (χ3n) is 3.63. The number of hydrogen-bond acceptors (Lipinski definition) is 3. The van der Waals surface area contributed by atoms with Crippen LogP contribution in [-0.4, -0.2) is 11.5 Å². The molecule has 18 heavy (non-hydrogen) atoms. The number of thiazole rings is 1. The predicted octanol–water partition coefficient (Wildman–Crippen LogP) is 4.30. The van der Waals surface area contributed by atoms with Gasteiger partial charge in [-0.15, -0.1) is 11.3 Å². The highest BCUT2D eigenvalue weighted by atomic mass is 32.1. The van der Waals surface area contributed by atoms with Crippen LogP contribution in [0.5, 0.6) is 0 Å². The van der Waals surface area contributed by atoms with Crippen molar-refractivity contribution in [3.05, 3.63) is 27.2 Å². The Labute approximate surface area is 115 Å². The molecule has 0 fully saturated rings. The zero-order valence-corrected chi connectivity index (χ0v) is 12.6. The van der Waals surface area contributed by atoms with Crippen LogP contribution < -0.4 is 5.32 Å². The lowest BCUT2D eigenvalue weighted by Crippen LogP contribution is -2.21. The Bertz CT molecular complexity index is 420. The number of hydrogen-bond donors (Lipinski definition) is 1. The van der Waals surface area contributed by atoms with Crippen molar-refractivity contribution in [3.63, 3.8) is 0 Å². The summed E-state index contributed by atoms with van der Waals surface area (Å²) in [5, 5.41) is 4.78. The lowest BCUT2D eigenvalue weighted by Gasteiger charge is -2.16. The molecule has 0 saturated heterocycles. The molecule has 0 radical (unpaired) electrons. The fraction of sp³-hybridized carbons (Fsp3) is 0.667.